The minimum Gasteiger partial charge on any atom is -0.374 e. The number of ether oxygens (including phenoxy) is 1. The second kappa shape index (κ2) is 6.87. The number of fused-ring (bicyclic) bond motifs is 1. The van der Waals surface area contributed by atoms with Gasteiger partial charge >= 0.3 is 0 Å². The Bertz CT molecular complexity index is 514. The van der Waals surface area contributed by atoms with Crippen LogP contribution in [-0.4, -0.2) is 12.1 Å². The van der Waals surface area contributed by atoms with Crippen LogP contribution in [0.4, 0.5) is 0 Å². The lowest BCUT2D eigenvalue weighted by molar-refractivity contribution is 0.0658. The molecular formula is C18H25NO. The van der Waals surface area contributed by atoms with E-state index in [-0.39, 0.29) is 6.10 Å². The molecule has 0 atom stereocenters. The molecule has 2 aromatic rings. The van der Waals surface area contributed by atoms with Gasteiger partial charge in [0.05, 0.1) is 12.7 Å². The Kier molecular flexibility index (Phi) is 5.16. The monoisotopic (exact) mass is 271 g/mol. The van der Waals surface area contributed by atoms with Gasteiger partial charge in [0.2, 0.25) is 0 Å². The second-order valence-electron chi connectivity index (χ2n) is 5.91. The molecule has 0 saturated heterocycles. The average molecular weight is 271 g/mol. The summed E-state index contributed by atoms with van der Waals surface area (Å²) in [6, 6.07) is 13.7. The first-order valence-electron chi connectivity index (χ1n) is 7.41. The van der Waals surface area contributed by atoms with Crippen molar-refractivity contribution in [2.45, 2.75) is 53.0 Å². The SMILES string of the molecule is CC(C)NCc1ccc2ccc(COC(C)C)cc2c1. The molecule has 0 radical (unpaired) electrons. The number of hydrogen-bond acceptors (Lipinski definition) is 2. The van der Waals surface area contributed by atoms with Crippen molar-refractivity contribution >= 4 is 10.8 Å². The number of benzene rings is 2. The van der Waals surface area contributed by atoms with Gasteiger partial charge in [0.15, 0.2) is 0 Å². The molecule has 0 amide bonds. The summed E-state index contributed by atoms with van der Waals surface area (Å²) >= 11 is 0. The maximum absolute atomic E-state index is 5.67. The van der Waals surface area contributed by atoms with E-state index in [1.807, 2.05) is 0 Å². The second-order valence-corrected chi connectivity index (χ2v) is 5.91. The van der Waals surface area contributed by atoms with Gasteiger partial charge in [-0.1, -0.05) is 38.1 Å². The fourth-order valence-corrected chi connectivity index (χ4v) is 2.13. The van der Waals surface area contributed by atoms with Gasteiger partial charge in [0.25, 0.3) is 0 Å². The minimum atomic E-state index is 0.271. The molecule has 2 nitrogen and oxygen atoms in total. The Morgan fingerprint density at radius 1 is 0.900 bits per heavy atom. The van der Waals surface area contributed by atoms with Crippen molar-refractivity contribution in [3.05, 3.63) is 47.5 Å². The fraction of sp³-hybridized carbons (Fsp3) is 0.444. The van der Waals surface area contributed by atoms with Crippen LogP contribution in [0.25, 0.3) is 10.8 Å². The lowest BCUT2D eigenvalue weighted by Crippen LogP contribution is -2.21. The largest absolute Gasteiger partial charge is 0.374 e. The maximum Gasteiger partial charge on any atom is 0.0720 e. The van der Waals surface area contributed by atoms with Gasteiger partial charge in [-0.15, -0.1) is 0 Å². The van der Waals surface area contributed by atoms with Crippen LogP contribution in [0, 0.1) is 0 Å². The average Bonchev–Trinajstić information content (AvgIpc) is 2.42. The van der Waals surface area contributed by atoms with Crippen molar-refractivity contribution < 1.29 is 4.74 Å². The zero-order valence-electron chi connectivity index (χ0n) is 12.9. The van der Waals surface area contributed by atoms with Gasteiger partial charge < -0.3 is 10.1 Å². The topological polar surface area (TPSA) is 21.3 Å². The predicted molar refractivity (Wildman–Crippen MR) is 85.8 cm³/mol. The summed E-state index contributed by atoms with van der Waals surface area (Å²) in [4.78, 5) is 0. The normalized spacial score (nSPS) is 11.7. The lowest BCUT2D eigenvalue weighted by atomic mass is 10.0. The summed E-state index contributed by atoms with van der Waals surface area (Å²) < 4.78 is 5.67. The van der Waals surface area contributed by atoms with Crippen molar-refractivity contribution in [2.75, 3.05) is 0 Å². The predicted octanol–water partition coefficient (Wildman–Crippen LogP) is 4.26. The third kappa shape index (κ3) is 4.32. The third-order valence-electron chi connectivity index (χ3n) is 3.27. The molecule has 0 unspecified atom stereocenters. The first-order valence-corrected chi connectivity index (χ1v) is 7.41. The first-order chi connectivity index (χ1) is 9.54. The minimum absolute atomic E-state index is 0.271. The maximum atomic E-state index is 5.67. The van der Waals surface area contributed by atoms with E-state index >= 15 is 0 Å². The molecule has 0 spiro atoms. The van der Waals surface area contributed by atoms with E-state index in [1.165, 1.54) is 21.9 Å². The Morgan fingerprint density at radius 2 is 1.55 bits per heavy atom. The molecule has 2 rings (SSSR count). The van der Waals surface area contributed by atoms with E-state index in [9.17, 15) is 0 Å². The molecule has 2 heteroatoms. The van der Waals surface area contributed by atoms with Crippen LogP contribution in [-0.2, 0) is 17.9 Å². The summed E-state index contributed by atoms with van der Waals surface area (Å²) in [5.74, 6) is 0. The molecular weight excluding hydrogens is 246 g/mol. The van der Waals surface area contributed by atoms with Gasteiger partial charge in [0.1, 0.15) is 0 Å². The van der Waals surface area contributed by atoms with E-state index in [2.05, 4.69) is 69.4 Å². The van der Waals surface area contributed by atoms with Gasteiger partial charge in [0, 0.05) is 12.6 Å². The van der Waals surface area contributed by atoms with E-state index in [0.717, 1.165) is 6.54 Å². The molecule has 0 aromatic heterocycles. The third-order valence-corrected chi connectivity index (χ3v) is 3.27. The molecule has 0 bridgehead atoms. The highest BCUT2D eigenvalue weighted by atomic mass is 16.5. The zero-order chi connectivity index (χ0) is 14.5. The summed E-state index contributed by atoms with van der Waals surface area (Å²) in [6.45, 7) is 10.1. The van der Waals surface area contributed by atoms with E-state index in [1.54, 1.807) is 0 Å². The fourth-order valence-electron chi connectivity index (χ4n) is 2.13. The Hall–Kier alpha value is -1.38. The number of rotatable bonds is 6. The van der Waals surface area contributed by atoms with Crippen molar-refractivity contribution in [3.63, 3.8) is 0 Å². The quantitative estimate of drug-likeness (QED) is 0.847. The molecule has 0 saturated carbocycles. The zero-order valence-corrected chi connectivity index (χ0v) is 12.9. The van der Waals surface area contributed by atoms with E-state index in [0.29, 0.717) is 12.6 Å². The molecule has 0 aliphatic carbocycles. The van der Waals surface area contributed by atoms with Crippen LogP contribution < -0.4 is 5.32 Å². The van der Waals surface area contributed by atoms with Gasteiger partial charge in [-0.3, -0.25) is 0 Å². The molecule has 2 aromatic carbocycles. The van der Waals surface area contributed by atoms with Crippen LogP contribution in [0.1, 0.15) is 38.8 Å². The molecule has 108 valence electrons. The number of nitrogens with one attached hydrogen (secondary N) is 1. The molecule has 1 N–H and O–H groups in total. The van der Waals surface area contributed by atoms with Crippen LogP contribution in [0.5, 0.6) is 0 Å². The van der Waals surface area contributed by atoms with Crippen LogP contribution in [0.2, 0.25) is 0 Å². The van der Waals surface area contributed by atoms with Gasteiger partial charge in [-0.05, 0) is 47.9 Å². The highest BCUT2D eigenvalue weighted by Gasteiger charge is 2.01. The standard InChI is InChI=1S/C18H25NO/c1-13(2)19-11-15-5-7-17-8-6-16(10-18(17)9-15)12-20-14(3)4/h5-10,13-14,19H,11-12H2,1-4H3. The smallest absolute Gasteiger partial charge is 0.0720 e. The van der Waals surface area contributed by atoms with Crippen LogP contribution in [0.3, 0.4) is 0 Å². The Labute approximate surface area is 122 Å². The van der Waals surface area contributed by atoms with E-state index in [4.69, 9.17) is 4.74 Å². The van der Waals surface area contributed by atoms with Crippen LogP contribution in [0.15, 0.2) is 36.4 Å². The highest BCUT2D eigenvalue weighted by molar-refractivity contribution is 5.83. The summed E-state index contributed by atoms with van der Waals surface area (Å²) in [5.41, 5.74) is 2.56. The van der Waals surface area contributed by atoms with Crippen molar-refractivity contribution in [1.29, 1.82) is 0 Å². The molecule has 0 heterocycles. The molecule has 0 aliphatic rings. The molecule has 0 fully saturated rings. The summed E-state index contributed by atoms with van der Waals surface area (Å²) in [7, 11) is 0. The summed E-state index contributed by atoms with van der Waals surface area (Å²) in [6.07, 6.45) is 0.271. The van der Waals surface area contributed by atoms with Crippen molar-refractivity contribution in [3.8, 4) is 0 Å². The van der Waals surface area contributed by atoms with E-state index < -0.39 is 0 Å². The van der Waals surface area contributed by atoms with Gasteiger partial charge in [-0.25, -0.2) is 0 Å². The van der Waals surface area contributed by atoms with Crippen LogP contribution >= 0.6 is 0 Å². The molecule has 0 aliphatic heterocycles. The first kappa shape index (κ1) is 15.0. The number of hydrogen-bond donors (Lipinski definition) is 1. The Balaban J connectivity index is 2.16. The van der Waals surface area contributed by atoms with Crippen molar-refractivity contribution in [2.24, 2.45) is 0 Å². The van der Waals surface area contributed by atoms with Gasteiger partial charge in [-0.2, -0.15) is 0 Å². The Morgan fingerprint density at radius 3 is 2.20 bits per heavy atom. The summed E-state index contributed by atoms with van der Waals surface area (Å²) in [5, 5.41) is 6.03. The highest BCUT2D eigenvalue weighted by Crippen LogP contribution is 2.19. The van der Waals surface area contributed by atoms with Crippen molar-refractivity contribution in [1.82, 2.24) is 5.32 Å². The lowest BCUT2D eigenvalue weighted by Gasteiger charge is -2.11. The molecule has 20 heavy (non-hydrogen) atoms.